The molecule has 17 nitrogen and oxygen atoms in total. The monoisotopic (exact) mass is 801 g/mol. The Bertz CT molecular complexity index is 1370. The molecule has 10 atom stereocenters. The van der Waals surface area contributed by atoms with Gasteiger partial charge in [0.25, 0.3) is 0 Å². The van der Waals surface area contributed by atoms with Crippen molar-refractivity contribution in [2.45, 2.75) is 101 Å². The van der Waals surface area contributed by atoms with Gasteiger partial charge in [0.15, 0.2) is 6.29 Å². The smallest absolute Gasteiger partial charge is 0.431 e. The second kappa shape index (κ2) is 24.1. The lowest BCUT2D eigenvalue weighted by molar-refractivity contribution is -0.270. The van der Waals surface area contributed by atoms with E-state index in [0.29, 0.717) is 32.4 Å². The summed E-state index contributed by atoms with van der Waals surface area (Å²) in [6.45, 7) is -2.01. The number of aliphatic hydroxyl groups is 3. The lowest BCUT2D eigenvalue weighted by Crippen LogP contribution is -2.64. The number of aliphatic hydroxyl groups excluding tert-OH is 3. The summed E-state index contributed by atoms with van der Waals surface area (Å²) in [5, 5.41) is 37.9. The highest BCUT2D eigenvalue weighted by molar-refractivity contribution is 8.07. The van der Waals surface area contributed by atoms with E-state index >= 15 is 0 Å². The Kier molecular flexibility index (Phi) is 20.4. The minimum Gasteiger partial charge on any atom is -0.431 e. The SMILES string of the molecule is [B][C@@H]1O[C@H](COC(=O)OCc2ccccc2)C(OP(O)(=S)OC)[C@@H]1C/C=C/CCCCNC(=O)NCCCCO[C@@H]1O[C@H](CO)[C@H](O)[C@H](O)[C@H]1NC(C)=O. The van der Waals surface area contributed by atoms with Crippen LogP contribution in [0.1, 0.15) is 51.0 Å². The van der Waals surface area contributed by atoms with E-state index in [2.05, 4.69) is 16.0 Å². The summed E-state index contributed by atoms with van der Waals surface area (Å²) in [5.74, 6) is -0.854. The normalized spacial score (nSPS) is 27.9. The van der Waals surface area contributed by atoms with Gasteiger partial charge in [-0.1, -0.05) is 42.5 Å². The lowest BCUT2D eigenvalue weighted by atomic mass is 9.82. The number of nitrogens with one attached hydrogen (secondary N) is 3. The number of unbranched alkanes of at least 4 members (excludes halogenated alkanes) is 3. The zero-order valence-electron chi connectivity index (χ0n) is 30.5. The van der Waals surface area contributed by atoms with Crippen molar-refractivity contribution in [3.8, 4) is 0 Å². The van der Waals surface area contributed by atoms with Gasteiger partial charge in [-0.3, -0.25) is 4.79 Å². The van der Waals surface area contributed by atoms with Gasteiger partial charge in [0, 0.05) is 45.7 Å². The quantitative estimate of drug-likeness (QED) is 0.0288. The highest BCUT2D eigenvalue weighted by Gasteiger charge is 2.46. The first-order chi connectivity index (χ1) is 25.8. The summed E-state index contributed by atoms with van der Waals surface area (Å²) >= 11 is 5.06. The molecule has 2 heterocycles. The van der Waals surface area contributed by atoms with Crippen molar-refractivity contribution >= 4 is 44.5 Å². The van der Waals surface area contributed by atoms with Crippen LogP contribution in [0.25, 0.3) is 0 Å². The minimum absolute atomic E-state index is 0.0391. The predicted molar refractivity (Wildman–Crippen MR) is 198 cm³/mol. The number of hydrogen-bond donors (Lipinski definition) is 7. The van der Waals surface area contributed by atoms with Crippen LogP contribution in [0.5, 0.6) is 0 Å². The number of amides is 3. The van der Waals surface area contributed by atoms with Crippen molar-refractivity contribution in [2.24, 2.45) is 5.92 Å². The molecule has 0 aliphatic carbocycles. The molecule has 1 aromatic carbocycles. The van der Waals surface area contributed by atoms with Crippen molar-refractivity contribution in [3.63, 3.8) is 0 Å². The molecule has 302 valence electrons. The number of rotatable bonds is 22. The molecule has 2 fully saturated rings. The second-order valence-electron chi connectivity index (χ2n) is 12.8. The molecule has 2 radical (unpaired) electrons. The maximum Gasteiger partial charge on any atom is 0.508 e. The van der Waals surface area contributed by atoms with Crippen molar-refractivity contribution in [2.75, 3.05) is 40.0 Å². The number of benzene rings is 1. The van der Waals surface area contributed by atoms with Gasteiger partial charge in [-0.25, -0.2) is 9.59 Å². The summed E-state index contributed by atoms with van der Waals surface area (Å²) in [6, 6.07) is 7.04. The Morgan fingerprint density at radius 1 is 0.981 bits per heavy atom. The van der Waals surface area contributed by atoms with E-state index in [4.69, 9.17) is 52.4 Å². The van der Waals surface area contributed by atoms with E-state index in [9.17, 15) is 34.6 Å². The molecule has 2 aliphatic rings. The van der Waals surface area contributed by atoms with Gasteiger partial charge in [0.1, 0.15) is 57.6 Å². The fourth-order valence-electron chi connectivity index (χ4n) is 5.76. The topological polar surface area (TPSA) is 233 Å². The molecule has 0 saturated carbocycles. The Morgan fingerprint density at radius 3 is 2.35 bits per heavy atom. The number of carbonyl (C=O) groups is 3. The van der Waals surface area contributed by atoms with Crippen molar-refractivity contribution < 1.29 is 67.3 Å². The van der Waals surface area contributed by atoms with Gasteiger partial charge in [0.2, 0.25) is 5.91 Å². The zero-order chi connectivity index (χ0) is 39.5. The van der Waals surface area contributed by atoms with Crippen LogP contribution in [0.15, 0.2) is 42.5 Å². The van der Waals surface area contributed by atoms with E-state index in [-0.39, 0.29) is 25.9 Å². The zero-order valence-corrected chi connectivity index (χ0v) is 32.2. The minimum atomic E-state index is -3.60. The van der Waals surface area contributed by atoms with Gasteiger partial charge >= 0.3 is 18.9 Å². The fraction of sp³-hybridized carbons (Fsp3) is 0.676. The summed E-state index contributed by atoms with van der Waals surface area (Å²) in [4.78, 5) is 46.3. The average Bonchev–Trinajstić information content (AvgIpc) is 3.43. The molecule has 7 N–H and O–H groups in total. The van der Waals surface area contributed by atoms with E-state index in [1.54, 1.807) is 0 Å². The third-order valence-electron chi connectivity index (χ3n) is 8.64. The van der Waals surface area contributed by atoms with Crippen LogP contribution in [0, 0.1) is 5.92 Å². The third kappa shape index (κ3) is 15.8. The highest BCUT2D eigenvalue weighted by atomic mass is 32.5. The number of allylic oxidation sites excluding steroid dienone is 2. The standard InChI is InChI=1S/C34H53BN3O14PS/c1-22(40)38-27-29(42)28(41)25(19-39)51-32(27)47-18-12-11-17-37-33(43)36-16-10-5-3-4-9-15-24-30(52-53(45,54)46-2)26(50-31(24)35)21-49-34(44)48-20-23-13-7-6-8-14-23/h4,6-9,13-14,24-32,39,41-42H,3,5,10-12,15-21H2,1-2H3,(H,38,40)(H,45,54)(H2,36,37,43)/b9-4+/t24-,25+,26+,27+,28-,29+,30?,31+,32+,53?/m0/s1. The molecule has 2 unspecified atom stereocenters. The Labute approximate surface area is 322 Å². The van der Waals surface area contributed by atoms with Crippen LogP contribution in [-0.4, -0.2) is 135 Å². The van der Waals surface area contributed by atoms with Crippen molar-refractivity contribution in [1.29, 1.82) is 0 Å². The first-order valence-corrected chi connectivity index (χ1v) is 20.4. The molecule has 20 heteroatoms. The lowest BCUT2D eigenvalue weighted by Gasteiger charge is -2.42. The van der Waals surface area contributed by atoms with Gasteiger partial charge in [-0.05, 0) is 55.9 Å². The van der Waals surface area contributed by atoms with Gasteiger partial charge < -0.3 is 68.9 Å². The van der Waals surface area contributed by atoms with Crippen LogP contribution in [0.3, 0.4) is 0 Å². The first-order valence-electron chi connectivity index (χ1n) is 17.8. The van der Waals surface area contributed by atoms with Gasteiger partial charge in [-0.15, -0.1) is 0 Å². The summed E-state index contributed by atoms with van der Waals surface area (Å²) in [5.41, 5.74) is 0.800. The maximum atomic E-state index is 12.2. The summed E-state index contributed by atoms with van der Waals surface area (Å²) in [7, 11) is 7.49. The molecule has 0 bridgehead atoms. The molecule has 3 rings (SSSR count). The molecule has 1 aromatic rings. The molecule has 2 aliphatic heterocycles. The average molecular weight is 802 g/mol. The van der Waals surface area contributed by atoms with E-state index in [1.807, 2.05) is 42.5 Å². The number of urea groups is 1. The predicted octanol–water partition coefficient (Wildman–Crippen LogP) is 1.25. The Hall–Kier alpha value is -2.68. The van der Waals surface area contributed by atoms with Crippen LogP contribution in [-0.2, 0) is 55.9 Å². The number of ether oxygens (including phenoxy) is 5. The molecule has 2 saturated heterocycles. The van der Waals surface area contributed by atoms with Crippen molar-refractivity contribution in [3.05, 3.63) is 48.0 Å². The molecule has 54 heavy (non-hydrogen) atoms. The Morgan fingerprint density at radius 2 is 1.69 bits per heavy atom. The molecule has 3 amide bonds. The number of hydrogen-bond acceptors (Lipinski definition) is 14. The maximum absolute atomic E-state index is 12.2. The third-order valence-corrected chi connectivity index (χ3v) is 10.3. The van der Waals surface area contributed by atoms with Gasteiger partial charge in [-0.2, -0.15) is 0 Å². The molecular formula is C34H53BN3O14PS. The molecular weight excluding hydrogens is 748 g/mol. The summed E-state index contributed by atoms with van der Waals surface area (Å²) in [6.07, 6.45) is 0.321. The first kappa shape index (κ1) is 45.7. The molecule has 0 aromatic heterocycles. The van der Waals surface area contributed by atoms with E-state index in [0.717, 1.165) is 24.8 Å². The highest BCUT2D eigenvalue weighted by Crippen LogP contribution is 2.48. The van der Waals surface area contributed by atoms with Crippen molar-refractivity contribution in [1.82, 2.24) is 16.0 Å². The second-order valence-corrected chi connectivity index (χ2v) is 15.7. The largest absolute Gasteiger partial charge is 0.508 e. The van der Waals surface area contributed by atoms with E-state index < -0.39 is 80.2 Å². The van der Waals surface area contributed by atoms with Gasteiger partial charge in [0.05, 0.1) is 6.61 Å². The van der Waals surface area contributed by atoms with Crippen LogP contribution >= 0.6 is 6.72 Å². The van der Waals surface area contributed by atoms with E-state index in [1.165, 1.54) is 14.0 Å². The number of carbonyl (C=O) groups excluding carboxylic acids is 3. The Balaban J connectivity index is 1.29. The fourth-order valence-corrected chi connectivity index (χ4v) is 6.74. The van der Waals surface area contributed by atoms with Crippen LogP contribution in [0.4, 0.5) is 9.59 Å². The summed E-state index contributed by atoms with van der Waals surface area (Å²) < 4.78 is 38.1. The van der Waals surface area contributed by atoms with Crippen LogP contribution < -0.4 is 16.0 Å². The molecule has 0 spiro atoms. The van der Waals surface area contributed by atoms with Crippen LogP contribution in [0.2, 0.25) is 0 Å².